The van der Waals surface area contributed by atoms with Crippen molar-refractivity contribution >= 4 is 5.97 Å². The molecule has 0 fully saturated rings. The first-order valence-electron chi connectivity index (χ1n) is 9.50. The van der Waals surface area contributed by atoms with Gasteiger partial charge in [0, 0.05) is 0 Å². The lowest BCUT2D eigenvalue weighted by Gasteiger charge is -2.10. The first-order valence-corrected chi connectivity index (χ1v) is 9.50. The van der Waals surface area contributed by atoms with Crippen molar-refractivity contribution in [2.45, 2.75) is 52.9 Å². The normalized spacial score (nSPS) is 12.0. The minimum absolute atomic E-state index is 0.236. The Morgan fingerprint density at radius 2 is 1.76 bits per heavy atom. The summed E-state index contributed by atoms with van der Waals surface area (Å²) in [6.45, 7) is 6.90. The van der Waals surface area contributed by atoms with Gasteiger partial charge in [0.15, 0.2) is 0 Å². The van der Waals surface area contributed by atoms with Gasteiger partial charge in [-0.15, -0.1) is 0 Å². The zero-order valence-electron chi connectivity index (χ0n) is 15.8. The molecule has 0 heterocycles. The standard InChI is InChI=1S/C23H30O2/c1-4-6-7-9-19-10-8-11-22(16-19)20-12-14-21(15-13-20)23(24)25-17-18(3)5-2/h8,10-16,18H,4-7,9,17H2,1-3H3/t18-/m0/s1. The highest BCUT2D eigenvalue weighted by Gasteiger charge is 2.09. The second kappa shape index (κ2) is 10.0. The number of hydrogen-bond acceptors (Lipinski definition) is 2. The molecule has 0 N–H and O–H groups in total. The average Bonchev–Trinajstić information content (AvgIpc) is 2.66. The highest BCUT2D eigenvalue weighted by Crippen LogP contribution is 2.22. The summed E-state index contributed by atoms with van der Waals surface area (Å²) in [5.41, 5.74) is 4.33. The van der Waals surface area contributed by atoms with Crippen LogP contribution >= 0.6 is 0 Å². The molecule has 0 spiro atoms. The highest BCUT2D eigenvalue weighted by molar-refractivity contribution is 5.90. The number of esters is 1. The van der Waals surface area contributed by atoms with Crippen molar-refractivity contribution in [1.29, 1.82) is 0 Å². The van der Waals surface area contributed by atoms with E-state index >= 15 is 0 Å². The van der Waals surface area contributed by atoms with E-state index in [1.54, 1.807) is 0 Å². The highest BCUT2D eigenvalue weighted by atomic mass is 16.5. The quantitative estimate of drug-likeness (QED) is 0.397. The Hall–Kier alpha value is -2.09. The molecule has 1 atom stereocenters. The van der Waals surface area contributed by atoms with Gasteiger partial charge in [-0.25, -0.2) is 4.79 Å². The van der Waals surface area contributed by atoms with Crippen LogP contribution in [0.5, 0.6) is 0 Å². The van der Waals surface area contributed by atoms with Crippen molar-refractivity contribution < 1.29 is 9.53 Å². The van der Waals surface area contributed by atoms with Crippen molar-refractivity contribution in [1.82, 2.24) is 0 Å². The molecular weight excluding hydrogens is 308 g/mol. The first kappa shape index (κ1) is 19.2. The van der Waals surface area contributed by atoms with Crippen molar-refractivity contribution in [2.24, 2.45) is 5.92 Å². The molecule has 2 aromatic rings. The molecule has 0 amide bonds. The fourth-order valence-electron chi connectivity index (χ4n) is 2.70. The monoisotopic (exact) mass is 338 g/mol. The van der Waals surface area contributed by atoms with E-state index in [1.165, 1.54) is 30.4 Å². The lowest BCUT2D eigenvalue weighted by Crippen LogP contribution is -2.11. The minimum Gasteiger partial charge on any atom is -0.462 e. The van der Waals surface area contributed by atoms with Crippen molar-refractivity contribution in [3.05, 3.63) is 59.7 Å². The van der Waals surface area contributed by atoms with Crippen LogP contribution in [0.4, 0.5) is 0 Å². The Bertz CT molecular complexity index is 658. The largest absolute Gasteiger partial charge is 0.462 e. The summed E-state index contributed by atoms with van der Waals surface area (Å²) in [6.07, 6.45) is 5.90. The number of rotatable bonds is 9. The van der Waals surface area contributed by atoms with Gasteiger partial charge >= 0.3 is 5.97 Å². The maximum atomic E-state index is 12.1. The number of carbonyl (C=O) groups excluding carboxylic acids is 1. The molecule has 25 heavy (non-hydrogen) atoms. The molecule has 0 saturated carbocycles. The summed E-state index contributed by atoms with van der Waals surface area (Å²) in [5, 5.41) is 0. The molecule has 2 rings (SSSR count). The molecule has 0 aliphatic carbocycles. The number of benzene rings is 2. The second-order valence-electron chi connectivity index (χ2n) is 6.85. The van der Waals surface area contributed by atoms with Crippen LogP contribution in [0.2, 0.25) is 0 Å². The van der Waals surface area contributed by atoms with Crippen molar-refractivity contribution in [2.75, 3.05) is 6.61 Å². The van der Waals surface area contributed by atoms with E-state index in [0.717, 1.165) is 18.4 Å². The van der Waals surface area contributed by atoms with Crippen LogP contribution in [-0.2, 0) is 11.2 Å². The molecule has 0 aliphatic rings. The fraction of sp³-hybridized carbons (Fsp3) is 0.435. The van der Waals surface area contributed by atoms with E-state index in [1.807, 2.05) is 24.3 Å². The topological polar surface area (TPSA) is 26.3 Å². The van der Waals surface area contributed by atoms with Crippen LogP contribution in [0.15, 0.2) is 48.5 Å². The molecule has 2 nitrogen and oxygen atoms in total. The van der Waals surface area contributed by atoms with Crippen LogP contribution in [0.25, 0.3) is 11.1 Å². The van der Waals surface area contributed by atoms with E-state index in [-0.39, 0.29) is 5.97 Å². The molecule has 2 aromatic carbocycles. The van der Waals surface area contributed by atoms with Gasteiger partial charge in [-0.1, -0.05) is 76.4 Å². The summed E-state index contributed by atoms with van der Waals surface area (Å²) in [7, 11) is 0. The van der Waals surface area contributed by atoms with Gasteiger partial charge in [-0.05, 0) is 47.6 Å². The fourth-order valence-corrected chi connectivity index (χ4v) is 2.70. The van der Waals surface area contributed by atoms with E-state index < -0.39 is 0 Å². The van der Waals surface area contributed by atoms with E-state index in [9.17, 15) is 4.79 Å². The van der Waals surface area contributed by atoms with Crippen LogP contribution < -0.4 is 0 Å². The van der Waals surface area contributed by atoms with Crippen molar-refractivity contribution in [3.8, 4) is 11.1 Å². The molecule has 134 valence electrons. The van der Waals surface area contributed by atoms with Gasteiger partial charge in [0.05, 0.1) is 12.2 Å². The third-order valence-electron chi connectivity index (χ3n) is 4.65. The van der Waals surface area contributed by atoms with Crippen LogP contribution in [-0.4, -0.2) is 12.6 Å². The van der Waals surface area contributed by atoms with E-state index in [0.29, 0.717) is 18.1 Å². The zero-order valence-corrected chi connectivity index (χ0v) is 15.8. The molecule has 0 unspecified atom stereocenters. The van der Waals surface area contributed by atoms with Crippen LogP contribution in [0.1, 0.15) is 62.4 Å². The Morgan fingerprint density at radius 1 is 1.00 bits per heavy atom. The lowest BCUT2D eigenvalue weighted by atomic mass is 9.99. The Labute approximate surface area is 152 Å². The van der Waals surface area contributed by atoms with Gasteiger partial charge < -0.3 is 4.74 Å². The number of hydrogen-bond donors (Lipinski definition) is 0. The molecule has 2 heteroatoms. The average molecular weight is 338 g/mol. The lowest BCUT2D eigenvalue weighted by molar-refractivity contribution is 0.0447. The van der Waals surface area contributed by atoms with Crippen LogP contribution in [0, 0.1) is 5.92 Å². The predicted molar refractivity (Wildman–Crippen MR) is 105 cm³/mol. The third-order valence-corrected chi connectivity index (χ3v) is 4.65. The summed E-state index contributed by atoms with van der Waals surface area (Å²) in [5.74, 6) is 0.166. The third kappa shape index (κ3) is 6.04. The molecule has 0 aliphatic heterocycles. The first-order chi connectivity index (χ1) is 12.1. The van der Waals surface area contributed by atoms with Crippen LogP contribution in [0.3, 0.4) is 0 Å². The smallest absolute Gasteiger partial charge is 0.338 e. The second-order valence-corrected chi connectivity index (χ2v) is 6.85. The molecular formula is C23H30O2. The summed E-state index contributed by atoms with van der Waals surface area (Å²) >= 11 is 0. The number of aryl methyl sites for hydroxylation is 1. The Balaban J connectivity index is 2.02. The molecule has 0 radical (unpaired) electrons. The number of unbranched alkanes of at least 4 members (excludes halogenated alkanes) is 2. The number of carbonyl (C=O) groups is 1. The van der Waals surface area contributed by atoms with Gasteiger partial charge in [-0.2, -0.15) is 0 Å². The summed E-state index contributed by atoms with van der Waals surface area (Å²) in [6, 6.07) is 16.4. The van der Waals surface area contributed by atoms with Gasteiger partial charge in [0.2, 0.25) is 0 Å². The zero-order chi connectivity index (χ0) is 18.1. The molecule has 0 bridgehead atoms. The number of ether oxygens (including phenoxy) is 1. The maximum Gasteiger partial charge on any atom is 0.338 e. The van der Waals surface area contributed by atoms with Gasteiger partial charge in [0.25, 0.3) is 0 Å². The summed E-state index contributed by atoms with van der Waals surface area (Å²) in [4.78, 5) is 12.1. The molecule has 0 aromatic heterocycles. The van der Waals surface area contributed by atoms with E-state index in [2.05, 4.69) is 45.0 Å². The SMILES string of the molecule is CCCCCc1cccc(-c2ccc(C(=O)OC[C@@H](C)CC)cc2)c1. The Kier molecular flexibility index (Phi) is 7.72. The van der Waals surface area contributed by atoms with Crippen molar-refractivity contribution in [3.63, 3.8) is 0 Å². The maximum absolute atomic E-state index is 12.1. The van der Waals surface area contributed by atoms with E-state index in [4.69, 9.17) is 4.74 Å². The minimum atomic E-state index is -0.236. The predicted octanol–water partition coefficient (Wildman–Crippen LogP) is 6.29. The Morgan fingerprint density at radius 3 is 2.44 bits per heavy atom. The van der Waals surface area contributed by atoms with Gasteiger partial charge in [-0.3, -0.25) is 0 Å². The summed E-state index contributed by atoms with van der Waals surface area (Å²) < 4.78 is 5.36. The van der Waals surface area contributed by atoms with Gasteiger partial charge in [0.1, 0.15) is 0 Å². The molecule has 0 saturated heterocycles.